The van der Waals surface area contributed by atoms with E-state index < -0.39 is 0 Å². The van der Waals surface area contributed by atoms with E-state index in [-0.39, 0.29) is 5.91 Å². The lowest BCUT2D eigenvalue weighted by molar-refractivity contribution is -0.128. The van der Waals surface area contributed by atoms with E-state index in [0.29, 0.717) is 0 Å². The summed E-state index contributed by atoms with van der Waals surface area (Å²) >= 11 is 2.10. The summed E-state index contributed by atoms with van der Waals surface area (Å²) in [4.78, 5) is 13.0. The molecule has 1 aliphatic rings. The number of unbranched alkanes of at least 4 members (excludes halogenated alkanes) is 5. The molecule has 0 spiro atoms. The summed E-state index contributed by atoms with van der Waals surface area (Å²) in [6.07, 6.45) is 9.90. The molecule has 0 aromatic rings. The van der Waals surface area contributed by atoms with Crippen molar-refractivity contribution >= 4 is 17.7 Å². The lowest BCUT2D eigenvalue weighted by Gasteiger charge is -2.09. The average Bonchev–Trinajstić information content (AvgIpc) is 3.05. The number of thioether (sulfide) groups is 1. The van der Waals surface area contributed by atoms with Crippen LogP contribution in [0.4, 0.5) is 0 Å². The van der Waals surface area contributed by atoms with Crippen LogP contribution in [-0.2, 0) is 4.79 Å². The predicted octanol–water partition coefficient (Wildman–Crippen LogP) is 3.31. The van der Waals surface area contributed by atoms with Crippen LogP contribution in [0.1, 0.15) is 51.4 Å². The van der Waals surface area contributed by atoms with Crippen molar-refractivity contribution in [2.24, 2.45) is 0 Å². The van der Waals surface area contributed by atoms with Gasteiger partial charge >= 0.3 is 0 Å². The van der Waals surface area contributed by atoms with Gasteiger partial charge in [0.2, 0.25) is 5.91 Å². The second-order valence-electron chi connectivity index (χ2n) is 4.90. The van der Waals surface area contributed by atoms with Gasteiger partial charge in [0.05, 0.1) is 0 Å². The number of carbonyl (C=O) groups excluding carboxylic acids is 1. The molecule has 1 heterocycles. The zero-order valence-corrected chi connectivity index (χ0v) is 11.5. The lowest BCUT2D eigenvalue weighted by Crippen LogP contribution is -2.20. The van der Waals surface area contributed by atoms with Crippen LogP contribution < -0.4 is 0 Å². The first-order chi connectivity index (χ1) is 7.70. The van der Waals surface area contributed by atoms with Gasteiger partial charge in [-0.3, -0.25) is 4.79 Å². The smallest absolute Gasteiger partial charge is 0.222 e. The van der Waals surface area contributed by atoms with Gasteiger partial charge in [-0.15, -0.1) is 0 Å². The normalized spacial score (nSPS) is 18.5. The number of nitrogens with zero attached hydrogens (tertiary/aromatic N) is 1. The molecule has 16 heavy (non-hydrogen) atoms. The van der Waals surface area contributed by atoms with Gasteiger partial charge in [0.25, 0.3) is 0 Å². The third kappa shape index (κ3) is 7.15. The van der Waals surface area contributed by atoms with Crippen molar-refractivity contribution in [3.05, 3.63) is 0 Å². The number of carbonyl (C=O) groups is 1. The Morgan fingerprint density at radius 2 is 1.69 bits per heavy atom. The second-order valence-corrected chi connectivity index (χ2v) is 6.24. The maximum Gasteiger partial charge on any atom is 0.222 e. The summed E-state index contributed by atoms with van der Waals surface area (Å²) in [6, 6.07) is 0. The number of amides is 1. The molecule has 1 saturated heterocycles. The highest BCUT2D eigenvalue weighted by Crippen LogP contribution is 2.34. The molecule has 2 nitrogen and oxygen atoms in total. The Labute approximate surface area is 104 Å². The minimum atomic E-state index is 0.269. The molecule has 0 radical (unpaired) electrons. The largest absolute Gasteiger partial charge is 0.349 e. The number of rotatable bonds is 9. The Morgan fingerprint density at radius 1 is 1.12 bits per heavy atom. The minimum absolute atomic E-state index is 0.269. The van der Waals surface area contributed by atoms with Gasteiger partial charge in [-0.1, -0.05) is 32.1 Å². The molecule has 0 N–H and O–H groups in total. The summed E-state index contributed by atoms with van der Waals surface area (Å²) in [5.74, 6) is 1.68. The molecule has 1 amide bonds. The van der Waals surface area contributed by atoms with Crippen molar-refractivity contribution in [3.63, 3.8) is 0 Å². The van der Waals surface area contributed by atoms with E-state index in [4.69, 9.17) is 0 Å². The third-order valence-corrected chi connectivity index (χ3v) is 4.11. The summed E-state index contributed by atoms with van der Waals surface area (Å²) in [5, 5.41) is 1.01. The Morgan fingerprint density at radius 3 is 2.25 bits per heavy atom. The molecule has 1 rings (SSSR count). The summed E-state index contributed by atoms with van der Waals surface area (Å²) in [5.41, 5.74) is 0. The number of hydrogen-bond donors (Lipinski definition) is 0. The highest BCUT2D eigenvalue weighted by Gasteiger charge is 2.20. The zero-order valence-electron chi connectivity index (χ0n) is 10.7. The van der Waals surface area contributed by atoms with Crippen LogP contribution in [0.25, 0.3) is 0 Å². The van der Waals surface area contributed by atoms with Gasteiger partial charge in [-0.25, -0.2) is 0 Å². The second kappa shape index (κ2) is 7.99. The van der Waals surface area contributed by atoms with Crippen LogP contribution in [0.15, 0.2) is 0 Å². The van der Waals surface area contributed by atoms with Gasteiger partial charge in [-0.2, -0.15) is 11.8 Å². The van der Waals surface area contributed by atoms with Crippen molar-refractivity contribution in [1.29, 1.82) is 0 Å². The van der Waals surface area contributed by atoms with Crippen LogP contribution in [0.5, 0.6) is 0 Å². The average molecular weight is 243 g/mol. The highest BCUT2D eigenvalue weighted by molar-refractivity contribution is 8.06. The Balaban J connectivity index is 1.75. The van der Waals surface area contributed by atoms with Gasteiger partial charge < -0.3 is 4.90 Å². The quantitative estimate of drug-likeness (QED) is 0.457. The highest BCUT2D eigenvalue weighted by atomic mass is 32.2. The molecule has 0 aromatic heterocycles. The molecule has 0 bridgehead atoms. The zero-order chi connectivity index (χ0) is 11.8. The van der Waals surface area contributed by atoms with E-state index >= 15 is 0 Å². The van der Waals surface area contributed by atoms with Crippen LogP contribution in [-0.4, -0.2) is 35.9 Å². The molecule has 0 aliphatic carbocycles. The first-order valence-electron chi connectivity index (χ1n) is 6.52. The Hall–Kier alpha value is -0.180. The van der Waals surface area contributed by atoms with Crippen molar-refractivity contribution in [1.82, 2.24) is 4.90 Å². The summed E-state index contributed by atoms with van der Waals surface area (Å²) in [6.45, 7) is 0. The third-order valence-electron chi connectivity index (χ3n) is 3.07. The molecular formula is C13H25NOS. The van der Waals surface area contributed by atoms with E-state index in [1.807, 2.05) is 14.1 Å². The Kier molecular flexibility index (Phi) is 6.93. The van der Waals surface area contributed by atoms with E-state index in [0.717, 1.165) is 18.1 Å². The first-order valence-corrected chi connectivity index (χ1v) is 7.57. The fraction of sp³-hybridized carbons (Fsp3) is 0.923. The fourth-order valence-electron chi connectivity index (χ4n) is 1.81. The topological polar surface area (TPSA) is 20.3 Å². The molecule has 94 valence electrons. The van der Waals surface area contributed by atoms with E-state index in [9.17, 15) is 4.79 Å². The molecule has 1 atom stereocenters. The van der Waals surface area contributed by atoms with E-state index in [2.05, 4.69) is 11.8 Å². The predicted molar refractivity (Wildman–Crippen MR) is 71.9 cm³/mol. The van der Waals surface area contributed by atoms with Crippen LogP contribution >= 0.6 is 11.8 Å². The van der Waals surface area contributed by atoms with Crippen LogP contribution in [0, 0.1) is 0 Å². The van der Waals surface area contributed by atoms with Gasteiger partial charge in [-0.05, 0) is 12.8 Å². The fourth-order valence-corrected chi connectivity index (χ4v) is 2.45. The first kappa shape index (κ1) is 13.9. The van der Waals surface area contributed by atoms with Gasteiger partial charge in [0.15, 0.2) is 0 Å². The molecule has 0 aromatic carbocycles. The molecule has 0 saturated carbocycles. The maximum atomic E-state index is 11.3. The van der Waals surface area contributed by atoms with Gasteiger partial charge in [0.1, 0.15) is 0 Å². The lowest BCUT2D eigenvalue weighted by atomic mass is 10.1. The van der Waals surface area contributed by atoms with Crippen molar-refractivity contribution in [3.8, 4) is 0 Å². The molecule has 1 aliphatic heterocycles. The van der Waals surface area contributed by atoms with E-state index in [1.165, 1.54) is 44.3 Å². The van der Waals surface area contributed by atoms with Crippen LogP contribution in [0.2, 0.25) is 0 Å². The van der Waals surface area contributed by atoms with Crippen molar-refractivity contribution < 1.29 is 4.79 Å². The van der Waals surface area contributed by atoms with E-state index in [1.54, 1.807) is 4.90 Å². The SMILES string of the molecule is CN(C)C(=O)CCCCCCCCC1CS1. The molecular weight excluding hydrogens is 218 g/mol. The van der Waals surface area contributed by atoms with Gasteiger partial charge in [0, 0.05) is 31.5 Å². The minimum Gasteiger partial charge on any atom is -0.349 e. The van der Waals surface area contributed by atoms with Crippen molar-refractivity contribution in [2.45, 2.75) is 56.6 Å². The summed E-state index contributed by atoms with van der Waals surface area (Å²) < 4.78 is 0. The summed E-state index contributed by atoms with van der Waals surface area (Å²) in [7, 11) is 3.66. The molecule has 1 unspecified atom stereocenters. The maximum absolute atomic E-state index is 11.3. The Bertz CT molecular complexity index is 202. The monoisotopic (exact) mass is 243 g/mol. The number of hydrogen-bond acceptors (Lipinski definition) is 2. The molecule has 1 fully saturated rings. The van der Waals surface area contributed by atoms with Crippen LogP contribution in [0.3, 0.4) is 0 Å². The van der Waals surface area contributed by atoms with Crippen molar-refractivity contribution in [2.75, 3.05) is 19.8 Å². The molecule has 3 heteroatoms. The standard InChI is InChI=1S/C13H25NOS/c1-14(2)13(15)10-8-6-4-3-5-7-9-12-11-16-12/h12H,3-11H2,1-2H3.